The lowest BCUT2D eigenvalue weighted by Gasteiger charge is -2.10. The van der Waals surface area contributed by atoms with Gasteiger partial charge in [-0.2, -0.15) is 5.10 Å². The average molecular weight is 303 g/mol. The van der Waals surface area contributed by atoms with Crippen LogP contribution in [0.2, 0.25) is 0 Å². The van der Waals surface area contributed by atoms with Gasteiger partial charge in [0.1, 0.15) is 4.90 Å². The second kappa shape index (κ2) is 7.72. The number of rotatable bonds is 9. The Hall–Kier alpha value is -0.960. The molecule has 0 atom stereocenters. The van der Waals surface area contributed by atoms with Crippen molar-refractivity contribution in [1.82, 2.24) is 25.1 Å². The van der Waals surface area contributed by atoms with E-state index >= 15 is 0 Å². The third kappa shape index (κ3) is 4.86. The fraction of sp³-hybridized carbons (Fsp3) is 0.750. The maximum absolute atomic E-state index is 12.3. The molecule has 1 aromatic rings. The van der Waals surface area contributed by atoms with Crippen molar-refractivity contribution in [3.63, 3.8) is 0 Å². The second-order valence-corrected chi connectivity index (χ2v) is 6.77. The maximum atomic E-state index is 12.3. The predicted octanol–water partition coefficient (Wildman–Crippen LogP) is 0.0576. The number of sulfonamides is 1. The topological polar surface area (TPSA) is 90.1 Å². The molecule has 0 amide bonds. The summed E-state index contributed by atoms with van der Waals surface area (Å²) in [7, 11) is 2.27. The van der Waals surface area contributed by atoms with Gasteiger partial charge in [0.15, 0.2) is 0 Å². The van der Waals surface area contributed by atoms with Crippen molar-refractivity contribution in [3.8, 4) is 0 Å². The number of nitrogens with zero attached hydrogens (tertiary/aromatic N) is 2. The Bertz CT molecular complexity index is 510. The van der Waals surface area contributed by atoms with Crippen LogP contribution in [-0.2, 0) is 16.6 Å². The Morgan fingerprint density at radius 1 is 1.30 bits per heavy atom. The molecule has 0 aliphatic carbocycles. The van der Waals surface area contributed by atoms with Gasteiger partial charge in [-0.05, 0) is 47.5 Å². The summed E-state index contributed by atoms with van der Waals surface area (Å²) in [4.78, 5) is 2.35. The number of aromatic amines is 1. The van der Waals surface area contributed by atoms with Gasteiger partial charge in [-0.25, -0.2) is 13.1 Å². The third-order valence-electron chi connectivity index (χ3n) is 2.90. The zero-order valence-electron chi connectivity index (χ0n) is 12.7. The number of aryl methyl sites for hydroxylation is 1. The summed E-state index contributed by atoms with van der Waals surface area (Å²) in [6.07, 6.45) is 1.78. The van der Waals surface area contributed by atoms with Crippen LogP contribution in [0, 0.1) is 6.92 Å². The van der Waals surface area contributed by atoms with Crippen molar-refractivity contribution in [3.05, 3.63) is 11.4 Å². The lowest BCUT2D eigenvalue weighted by atomic mass is 10.3. The molecule has 0 aliphatic rings. The quantitative estimate of drug-likeness (QED) is 0.561. The van der Waals surface area contributed by atoms with Crippen LogP contribution in [0.5, 0.6) is 0 Å². The van der Waals surface area contributed by atoms with Gasteiger partial charge < -0.3 is 10.2 Å². The highest BCUT2D eigenvalue weighted by Gasteiger charge is 2.23. The number of aromatic nitrogens is 2. The molecule has 8 heteroatoms. The number of hydrogen-bond donors (Lipinski definition) is 3. The van der Waals surface area contributed by atoms with Crippen molar-refractivity contribution in [2.24, 2.45) is 0 Å². The molecule has 0 spiro atoms. The Labute approximate surface area is 121 Å². The number of nitrogens with one attached hydrogen (secondary N) is 3. The molecule has 20 heavy (non-hydrogen) atoms. The van der Waals surface area contributed by atoms with Gasteiger partial charge >= 0.3 is 0 Å². The van der Waals surface area contributed by atoms with Gasteiger partial charge in [-0.15, -0.1) is 0 Å². The largest absolute Gasteiger partial charge is 0.314 e. The second-order valence-electron chi connectivity index (χ2n) is 5.06. The molecule has 7 nitrogen and oxygen atoms in total. The highest BCUT2D eigenvalue weighted by Crippen LogP contribution is 2.17. The van der Waals surface area contributed by atoms with Crippen LogP contribution in [0.3, 0.4) is 0 Å². The van der Waals surface area contributed by atoms with E-state index in [4.69, 9.17) is 0 Å². The van der Waals surface area contributed by atoms with Crippen molar-refractivity contribution in [2.75, 3.05) is 34.2 Å². The first-order valence-corrected chi connectivity index (χ1v) is 8.19. The molecule has 1 rings (SSSR count). The lowest BCUT2D eigenvalue weighted by molar-refractivity contribution is 0.394. The Morgan fingerprint density at radius 2 is 2.00 bits per heavy atom. The Morgan fingerprint density at radius 3 is 2.60 bits per heavy atom. The maximum Gasteiger partial charge on any atom is 0.244 e. The SMILES string of the molecule is CNCc1n[nH]c(C)c1S(=O)(=O)NCCCCN(C)C. The van der Waals surface area contributed by atoms with E-state index in [1.54, 1.807) is 14.0 Å². The predicted molar refractivity (Wildman–Crippen MR) is 79.1 cm³/mol. The molecular formula is C12H25N5O2S. The van der Waals surface area contributed by atoms with E-state index in [1.165, 1.54) is 0 Å². The minimum absolute atomic E-state index is 0.263. The van der Waals surface area contributed by atoms with Crippen LogP contribution in [0.15, 0.2) is 4.90 Å². The van der Waals surface area contributed by atoms with Crippen LogP contribution >= 0.6 is 0 Å². The zero-order chi connectivity index (χ0) is 15.2. The van der Waals surface area contributed by atoms with Crippen molar-refractivity contribution >= 4 is 10.0 Å². The van der Waals surface area contributed by atoms with Crippen LogP contribution in [-0.4, -0.2) is 57.7 Å². The Kier molecular flexibility index (Phi) is 6.60. The first-order valence-electron chi connectivity index (χ1n) is 6.71. The summed E-state index contributed by atoms with van der Waals surface area (Å²) < 4.78 is 27.2. The summed E-state index contributed by atoms with van der Waals surface area (Å²) in [5.74, 6) is 0. The summed E-state index contributed by atoms with van der Waals surface area (Å²) in [6, 6.07) is 0. The highest BCUT2D eigenvalue weighted by atomic mass is 32.2. The van der Waals surface area contributed by atoms with Gasteiger partial charge in [0.25, 0.3) is 0 Å². The standard InChI is InChI=1S/C12H25N5O2S/c1-10-12(11(9-13-2)16-15-10)20(18,19)14-7-5-6-8-17(3)4/h13-14H,5-9H2,1-4H3,(H,15,16). The molecule has 0 saturated heterocycles. The number of H-pyrrole nitrogens is 1. The lowest BCUT2D eigenvalue weighted by Crippen LogP contribution is -2.27. The summed E-state index contributed by atoms with van der Waals surface area (Å²) in [5, 5.41) is 9.67. The van der Waals surface area contributed by atoms with Gasteiger partial charge in [0.05, 0.1) is 11.4 Å². The molecule has 3 N–H and O–H groups in total. The molecule has 0 aliphatic heterocycles. The fourth-order valence-electron chi connectivity index (χ4n) is 1.94. The van der Waals surface area contributed by atoms with E-state index in [0.717, 1.165) is 19.4 Å². The molecule has 0 fully saturated rings. The normalized spacial score (nSPS) is 12.2. The Balaban J connectivity index is 2.62. The van der Waals surface area contributed by atoms with Crippen LogP contribution in [0.4, 0.5) is 0 Å². The smallest absolute Gasteiger partial charge is 0.244 e. The van der Waals surface area contributed by atoms with E-state index < -0.39 is 10.0 Å². The summed E-state index contributed by atoms with van der Waals surface area (Å²) >= 11 is 0. The summed E-state index contributed by atoms with van der Waals surface area (Å²) in [6.45, 7) is 3.53. The highest BCUT2D eigenvalue weighted by molar-refractivity contribution is 7.89. The molecule has 116 valence electrons. The minimum atomic E-state index is -3.50. The van der Waals surface area contributed by atoms with E-state index in [9.17, 15) is 8.42 Å². The fourth-order valence-corrected chi connectivity index (χ4v) is 3.38. The first kappa shape index (κ1) is 17.1. The van der Waals surface area contributed by atoms with Crippen LogP contribution < -0.4 is 10.0 Å². The van der Waals surface area contributed by atoms with Gasteiger partial charge in [0.2, 0.25) is 10.0 Å². The molecule has 0 aromatic carbocycles. The monoisotopic (exact) mass is 303 g/mol. The third-order valence-corrected chi connectivity index (χ3v) is 4.56. The van der Waals surface area contributed by atoms with E-state index in [0.29, 0.717) is 24.5 Å². The van der Waals surface area contributed by atoms with Crippen molar-refractivity contribution in [2.45, 2.75) is 31.2 Å². The van der Waals surface area contributed by atoms with Gasteiger partial charge in [0, 0.05) is 13.1 Å². The average Bonchev–Trinajstić information content (AvgIpc) is 2.71. The minimum Gasteiger partial charge on any atom is -0.314 e. The van der Waals surface area contributed by atoms with Gasteiger partial charge in [-0.3, -0.25) is 5.10 Å². The van der Waals surface area contributed by atoms with Crippen molar-refractivity contribution in [1.29, 1.82) is 0 Å². The first-order chi connectivity index (χ1) is 9.38. The molecule has 0 radical (unpaired) electrons. The summed E-state index contributed by atoms with van der Waals surface area (Å²) in [5.41, 5.74) is 1.09. The van der Waals surface area contributed by atoms with E-state index in [1.807, 2.05) is 14.1 Å². The van der Waals surface area contributed by atoms with Crippen LogP contribution in [0.1, 0.15) is 24.2 Å². The molecular weight excluding hydrogens is 278 g/mol. The number of unbranched alkanes of at least 4 members (excludes halogenated alkanes) is 1. The van der Waals surface area contributed by atoms with Crippen molar-refractivity contribution < 1.29 is 8.42 Å². The molecule has 0 saturated carbocycles. The van der Waals surface area contributed by atoms with E-state index in [2.05, 4.69) is 25.1 Å². The van der Waals surface area contributed by atoms with Gasteiger partial charge in [-0.1, -0.05) is 0 Å². The van der Waals surface area contributed by atoms with E-state index in [-0.39, 0.29) is 4.90 Å². The zero-order valence-corrected chi connectivity index (χ0v) is 13.5. The molecule has 0 unspecified atom stereocenters. The molecule has 1 heterocycles. The van der Waals surface area contributed by atoms with Crippen LogP contribution in [0.25, 0.3) is 0 Å². The molecule has 1 aromatic heterocycles. The molecule has 0 bridgehead atoms. The number of hydrogen-bond acceptors (Lipinski definition) is 5.